The zero-order chi connectivity index (χ0) is 39.5. The molecule has 7 aromatic rings. The van der Waals surface area contributed by atoms with E-state index in [2.05, 4.69) is 23.0 Å². The minimum Gasteiger partial charge on any atom is -0.478 e. The molecule has 16 heteroatoms. The number of nitrogens with two attached hydrogens (primary N) is 2. The Labute approximate surface area is 315 Å². The summed E-state index contributed by atoms with van der Waals surface area (Å²) in [6, 6.07) is 39.7. The number of aromatic carboxylic acids is 1. The minimum atomic E-state index is -4.45. The molecule has 0 fully saturated rings. The van der Waals surface area contributed by atoms with Crippen molar-refractivity contribution in [3.05, 3.63) is 156 Å². The van der Waals surface area contributed by atoms with Crippen molar-refractivity contribution in [2.24, 2.45) is 11.7 Å². The van der Waals surface area contributed by atoms with Gasteiger partial charge in [-0.1, -0.05) is 115 Å². The largest absolute Gasteiger partial charge is 0.478 e. The highest BCUT2D eigenvalue weighted by atomic mass is 35.5. The molecule has 0 aliphatic heterocycles. The molecule has 13 nitrogen and oxygen atoms in total. The standard InChI is InChI=1S/C11H8O5S.C11H8O4S.C10H10N2.C6H7ClN2/c12-11(13)8-5-7-3-1-2-4-9(7)10(6-8)17(14,15)16;12-7-9-6-5-8-3-1-2-4-10(8)11(9)16(13,14)15;11-12-10-7-3-5-8-4-1-2-6-9(8)10;7-5-3-1-2-4-6(5)9-8/h1-6H,(H,12,13)(H,14,15,16);1-7H,(H,13,14,15);1-7,12H,11H2;1-4,9H,8H2. The van der Waals surface area contributed by atoms with Crippen LogP contribution >= 0.6 is 11.6 Å². The van der Waals surface area contributed by atoms with Crippen LogP contribution in [0.4, 0.5) is 11.4 Å². The van der Waals surface area contributed by atoms with Gasteiger partial charge in [0, 0.05) is 21.7 Å². The number of hydrogen-bond acceptors (Lipinski definition) is 10. The topological polar surface area (TPSA) is 239 Å². The van der Waals surface area contributed by atoms with Crippen LogP contribution in [0.15, 0.2) is 149 Å². The molecule has 0 radical (unpaired) electrons. The molecule has 54 heavy (non-hydrogen) atoms. The van der Waals surface area contributed by atoms with Crippen molar-refractivity contribution >= 4 is 87.8 Å². The van der Waals surface area contributed by atoms with Crippen molar-refractivity contribution in [1.82, 2.24) is 0 Å². The van der Waals surface area contributed by atoms with Gasteiger partial charge in [0.25, 0.3) is 20.2 Å². The molecule has 0 bridgehead atoms. The third-order valence-corrected chi connectivity index (χ3v) is 9.81. The lowest BCUT2D eigenvalue weighted by Gasteiger charge is -2.05. The van der Waals surface area contributed by atoms with Crippen LogP contribution in [-0.2, 0) is 20.2 Å². The van der Waals surface area contributed by atoms with E-state index in [-0.39, 0.29) is 16.0 Å². The quantitative estimate of drug-likeness (QED) is 0.0376. The lowest BCUT2D eigenvalue weighted by atomic mass is 10.1. The molecule has 7 aromatic carbocycles. The molecule has 0 heterocycles. The fourth-order valence-electron chi connectivity index (χ4n) is 5.18. The van der Waals surface area contributed by atoms with Gasteiger partial charge in [0.2, 0.25) is 0 Å². The number of fused-ring (bicyclic) bond motifs is 3. The molecule has 9 N–H and O–H groups in total. The second-order valence-electron chi connectivity index (χ2n) is 11.1. The Balaban J connectivity index is 0.000000165. The van der Waals surface area contributed by atoms with Crippen LogP contribution in [0.2, 0.25) is 5.02 Å². The summed E-state index contributed by atoms with van der Waals surface area (Å²) in [4.78, 5) is 20.9. The third-order valence-electron chi connectivity index (χ3n) is 7.62. The van der Waals surface area contributed by atoms with Gasteiger partial charge in [-0.25, -0.2) is 4.79 Å². The Hall–Kier alpha value is -5.91. The fraction of sp³-hybridized carbons (Fsp3) is 0. The number of aldehydes is 1. The first-order valence-electron chi connectivity index (χ1n) is 15.5. The van der Waals surface area contributed by atoms with Crippen molar-refractivity contribution in [1.29, 1.82) is 0 Å². The SMILES string of the molecule is NNc1cccc2ccccc12.NNc1ccccc1Cl.O=C(O)c1cc(S(=O)(=O)O)c2ccccc2c1.O=Cc1ccc2ccccc2c1S(=O)(=O)O. The first-order chi connectivity index (χ1) is 25.7. The van der Waals surface area contributed by atoms with Gasteiger partial charge in [-0.3, -0.25) is 25.6 Å². The Kier molecular flexibility index (Phi) is 13.8. The molecule has 0 amide bonds. The highest BCUT2D eigenvalue weighted by Crippen LogP contribution is 2.27. The molecule has 278 valence electrons. The highest BCUT2D eigenvalue weighted by molar-refractivity contribution is 7.86. The van der Waals surface area contributed by atoms with Gasteiger partial charge >= 0.3 is 5.97 Å². The summed E-state index contributed by atoms with van der Waals surface area (Å²) < 4.78 is 63.0. The van der Waals surface area contributed by atoms with Crippen molar-refractivity contribution in [2.45, 2.75) is 9.79 Å². The Morgan fingerprint density at radius 3 is 1.63 bits per heavy atom. The van der Waals surface area contributed by atoms with Gasteiger partial charge in [0.1, 0.15) is 9.79 Å². The number of carboxylic acid groups (broad SMARTS) is 1. The normalized spacial score (nSPS) is 10.8. The van der Waals surface area contributed by atoms with E-state index in [9.17, 15) is 26.4 Å². The third kappa shape index (κ3) is 10.4. The molecule has 0 saturated carbocycles. The first kappa shape index (κ1) is 40.9. The number of para-hydroxylation sites is 1. The van der Waals surface area contributed by atoms with Crippen LogP contribution < -0.4 is 22.5 Å². The van der Waals surface area contributed by atoms with Crippen LogP contribution in [0.3, 0.4) is 0 Å². The Morgan fingerprint density at radius 2 is 1.09 bits per heavy atom. The summed E-state index contributed by atoms with van der Waals surface area (Å²) in [6.45, 7) is 0. The van der Waals surface area contributed by atoms with Crippen molar-refractivity contribution < 1.29 is 40.6 Å². The van der Waals surface area contributed by atoms with E-state index in [4.69, 9.17) is 37.5 Å². The van der Waals surface area contributed by atoms with Gasteiger partial charge in [0.15, 0.2) is 6.29 Å². The molecule has 0 aliphatic rings. The maximum absolute atomic E-state index is 11.2. The number of rotatable bonds is 6. The van der Waals surface area contributed by atoms with E-state index in [1.165, 1.54) is 23.6 Å². The molecule has 0 spiro atoms. The van der Waals surface area contributed by atoms with Crippen LogP contribution in [0, 0.1) is 0 Å². The van der Waals surface area contributed by atoms with Gasteiger partial charge in [-0.2, -0.15) is 16.8 Å². The number of benzene rings is 7. The van der Waals surface area contributed by atoms with Crippen molar-refractivity contribution in [3.63, 3.8) is 0 Å². The maximum Gasteiger partial charge on any atom is 0.335 e. The summed E-state index contributed by atoms with van der Waals surface area (Å²) in [5, 5.41) is 13.6. The highest BCUT2D eigenvalue weighted by Gasteiger charge is 2.19. The Morgan fingerprint density at radius 1 is 0.593 bits per heavy atom. The van der Waals surface area contributed by atoms with E-state index in [1.54, 1.807) is 54.6 Å². The van der Waals surface area contributed by atoms with Crippen LogP contribution in [-0.4, -0.2) is 43.3 Å². The van der Waals surface area contributed by atoms with Crippen molar-refractivity contribution in [3.8, 4) is 0 Å². The number of carbonyl (C=O) groups excluding carboxylic acids is 1. The predicted molar refractivity (Wildman–Crippen MR) is 211 cm³/mol. The molecule has 0 saturated heterocycles. The molecule has 0 unspecified atom stereocenters. The summed E-state index contributed by atoms with van der Waals surface area (Å²) in [5.41, 5.74) is 6.62. The van der Waals surface area contributed by atoms with Gasteiger partial charge < -0.3 is 16.0 Å². The van der Waals surface area contributed by atoms with Gasteiger partial charge in [0.05, 0.1) is 22.0 Å². The number of hydrogen-bond donors (Lipinski definition) is 7. The number of nitrogens with one attached hydrogen (secondary N) is 2. The maximum atomic E-state index is 11.2. The monoisotopic (exact) mass is 788 g/mol. The fourth-order valence-corrected chi connectivity index (χ4v) is 6.99. The van der Waals surface area contributed by atoms with Crippen LogP contribution in [0.1, 0.15) is 20.7 Å². The zero-order valence-corrected chi connectivity index (χ0v) is 30.4. The van der Waals surface area contributed by atoms with E-state index in [0.29, 0.717) is 32.9 Å². The first-order valence-corrected chi connectivity index (χ1v) is 18.8. The second-order valence-corrected chi connectivity index (χ2v) is 14.2. The van der Waals surface area contributed by atoms with E-state index < -0.39 is 31.1 Å². The minimum absolute atomic E-state index is 0.0406. The summed E-state index contributed by atoms with van der Waals surface area (Å²) in [5.74, 6) is 9.23. The van der Waals surface area contributed by atoms with Crippen LogP contribution in [0.5, 0.6) is 0 Å². The Bertz CT molecular complexity index is 2670. The van der Waals surface area contributed by atoms with Gasteiger partial charge in [-0.05, 0) is 52.6 Å². The van der Waals surface area contributed by atoms with E-state index >= 15 is 0 Å². The smallest absolute Gasteiger partial charge is 0.335 e. The molecule has 7 rings (SSSR count). The van der Waals surface area contributed by atoms with Gasteiger partial charge in [-0.15, -0.1) is 0 Å². The number of carboxylic acids is 1. The summed E-state index contributed by atoms with van der Waals surface area (Å²) >= 11 is 5.68. The average Bonchev–Trinajstić information content (AvgIpc) is 3.16. The molecule has 0 atom stereocenters. The van der Waals surface area contributed by atoms with Crippen LogP contribution in [0.25, 0.3) is 32.3 Å². The second kappa shape index (κ2) is 18.2. The number of anilines is 2. The summed E-state index contributed by atoms with van der Waals surface area (Å²) in [6.07, 6.45) is 0.412. The molecule has 0 aromatic heterocycles. The number of halogens is 1. The van der Waals surface area contributed by atoms with Crippen molar-refractivity contribution in [2.75, 3.05) is 10.9 Å². The number of hydrazine groups is 2. The molecule has 0 aliphatic carbocycles. The summed E-state index contributed by atoms with van der Waals surface area (Å²) in [7, 11) is -8.85. The van der Waals surface area contributed by atoms with E-state index in [0.717, 1.165) is 22.8 Å². The predicted octanol–water partition coefficient (Wildman–Crippen LogP) is 7.43. The molecular weight excluding hydrogens is 756 g/mol. The average molecular weight is 789 g/mol. The zero-order valence-electron chi connectivity index (χ0n) is 28.0. The number of carbonyl (C=O) groups is 2. The lowest BCUT2D eigenvalue weighted by molar-refractivity contribution is 0.0696. The number of nitrogen functional groups attached to an aromatic ring is 2. The van der Waals surface area contributed by atoms with E-state index in [1.807, 2.05) is 48.5 Å². The molecular formula is C38H33ClN4O9S2. The lowest BCUT2D eigenvalue weighted by Crippen LogP contribution is -2.06.